The first-order valence-electron chi connectivity index (χ1n) is 9.04. The highest BCUT2D eigenvalue weighted by Crippen LogP contribution is 2.23. The van der Waals surface area contributed by atoms with Crippen LogP contribution in [0.15, 0.2) is 48.7 Å². The van der Waals surface area contributed by atoms with Gasteiger partial charge in [0.1, 0.15) is 6.04 Å². The zero-order valence-corrected chi connectivity index (χ0v) is 15.8. The smallest absolute Gasteiger partial charge is 0.328 e. The normalized spacial score (nSPS) is 12.0. The number of methoxy groups -OCH3 is 1. The summed E-state index contributed by atoms with van der Waals surface area (Å²) in [5.41, 5.74) is 2.01. The Labute approximate surface area is 169 Å². The van der Waals surface area contributed by atoms with Gasteiger partial charge in [-0.2, -0.15) is 5.10 Å². The van der Waals surface area contributed by atoms with Crippen LogP contribution in [0.4, 0.5) is 5.69 Å². The summed E-state index contributed by atoms with van der Waals surface area (Å²) in [6.07, 6.45) is 1.98. The van der Waals surface area contributed by atoms with Crippen LogP contribution in [-0.2, 0) is 16.0 Å². The predicted octanol–water partition coefficient (Wildman–Crippen LogP) is 2.47. The molecule has 0 saturated heterocycles. The quantitative estimate of drug-likeness (QED) is 0.254. The number of nitro benzene ring substituents is 1. The van der Waals surface area contributed by atoms with Crippen LogP contribution in [0.25, 0.3) is 21.8 Å². The number of para-hydroxylation sites is 1. The molecule has 4 aromatic rings. The summed E-state index contributed by atoms with van der Waals surface area (Å²) in [7, 11) is 1.24. The van der Waals surface area contributed by atoms with Crippen LogP contribution < -0.4 is 5.32 Å². The van der Waals surface area contributed by atoms with Crippen LogP contribution in [-0.4, -0.2) is 45.1 Å². The number of fused-ring (bicyclic) bond motifs is 2. The van der Waals surface area contributed by atoms with Crippen molar-refractivity contribution in [2.75, 3.05) is 7.11 Å². The molecule has 2 aromatic heterocycles. The monoisotopic (exact) mass is 407 g/mol. The van der Waals surface area contributed by atoms with Gasteiger partial charge < -0.3 is 15.0 Å². The first-order chi connectivity index (χ1) is 14.5. The van der Waals surface area contributed by atoms with Crippen LogP contribution in [0.2, 0.25) is 0 Å². The third kappa shape index (κ3) is 3.46. The number of esters is 1. The van der Waals surface area contributed by atoms with Crippen molar-refractivity contribution in [3.8, 4) is 0 Å². The Morgan fingerprint density at radius 1 is 1.20 bits per heavy atom. The van der Waals surface area contributed by atoms with E-state index in [0.29, 0.717) is 5.52 Å². The van der Waals surface area contributed by atoms with Crippen molar-refractivity contribution in [2.45, 2.75) is 12.5 Å². The number of benzene rings is 2. The third-order valence-electron chi connectivity index (χ3n) is 4.86. The van der Waals surface area contributed by atoms with Crippen LogP contribution in [0.3, 0.4) is 0 Å². The number of non-ortho nitro benzene ring substituents is 1. The number of aromatic nitrogens is 3. The van der Waals surface area contributed by atoms with E-state index in [9.17, 15) is 19.7 Å². The van der Waals surface area contributed by atoms with Gasteiger partial charge in [0.05, 0.1) is 17.5 Å². The van der Waals surface area contributed by atoms with E-state index in [-0.39, 0.29) is 23.2 Å². The summed E-state index contributed by atoms with van der Waals surface area (Å²) in [6.45, 7) is 0. The molecule has 4 rings (SSSR count). The van der Waals surface area contributed by atoms with Crippen molar-refractivity contribution in [3.05, 3.63) is 70.0 Å². The number of carbonyl (C=O) groups is 2. The Kier molecular flexibility index (Phi) is 4.88. The summed E-state index contributed by atoms with van der Waals surface area (Å²) < 4.78 is 4.85. The maximum Gasteiger partial charge on any atom is 0.328 e. The molecule has 0 aliphatic carbocycles. The fourth-order valence-electron chi connectivity index (χ4n) is 3.37. The molecule has 0 aliphatic heterocycles. The molecule has 30 heavy (non-hydrogen) atoms. The summed E-state index contributed by atoms with van der Waals surface area (Å²) in [6, 6.07) is 10.7. The van der Waals surface area contributed by atoms with E-state index < -0.39 is 22.8 Å². The van der Waals surface area contributed by atoms with E-state index in [1.54, 1.807) is 6.20 Å². The minimum absolute atomic E-state index is 0.0403. The number of carbonyl (C=O) groups excluding carboxylic acids is 2. The minimum atomic E-state index is -0.966. The van der Waals surface area contributed by atoms with Gasteiger partial charge in [0, 0.05) is 41.0 Å². The first-order valence-corrected chi connectivity index (χ1v) is 9.04. The van der Waals surface area contributed by atoms with E-state index >= 15 is 0 Å². The molecule has 2 aromatic carbocycles. The summed E-state index contributed by atoms with van der Waals surface area (Å²) in [5, 5.41) is 21.5. The number of aromatic amines is 2. The number of rotatable bonds is 6. The van der Waals surface area contributed by atoms with Gasteiger partial charge in [-0.1, -0.05) is 18.2 Å². The van der Waals surface area contributed by atoms with Crippen molar-refractivity contribution >= 4 is 39.4 Å². The fraction of sp³-hybridized carbons (Fsp3) is 0.150. The largest absolute Gasteiger partial charge is 0.467 e. The number of nitrogens with one attached hydrogen (secondary N) is 3. The Morgan fingerprint density at radius 2 is 2.00 bits per heavy atom. The van der Waals surface area contributed by atoms with Crippen LogP contribution in [0, 0.1) is 10.1 Å². The molecule has 3 N–H and O–H groups in total. The second-order valence-electron chi connectivity index (χ2n) is 6.67. The van der Waals surface area contributed by atoms with Gasteiger partial charge in [0.25, 0.3) is 11.6 Å². The van der Waals surface area contributed by atoms with Crippen molar-refractivity contribution in [1.29, 1.82) is 0 Å². The lowest BCUT2D eigenvalue weighted by Crippen LogP contribution is -2.43. The third-order valence-corrected chi connectivity index (χ3v) is 4.86. The van der Waals surface area contributed by atoms with E-state index in [4.69, 9.17) is 4.74 Å². The topological polar surface area (TPSA) is 143 Å². The summed E-state index contributed by atoms with van der Waals surface area (Å²) in [5.74, 6) is -1.25. The molecule has 0 radical (unpaired) electrons. The van der Waals surface area contributed by atoms with Crippen LogP contribution >= 0.6 is 0 Å². The van der Waals surface area contributed by atoms with Crippen molar-refractivity contribution < 1.29 is 19.2 Å². The Hall–Kier alpha value is -4.21. The van der Waals surface area contributed by atoms with E-state index in [1.165, 1.54) is 25.3 Å². The lowest BCUT2D eigenvalue weighted by atomic mass is 10.0. The molecule has 0 unspecified atom stereocenters. The molecule has 1 amide bonds. The van der Waals surface area contributed by atoms with Crippen molar-refractivity contribution in [1.82, 2.24) is 20.5 Å². The maximum atomic E-state index is 12.8. The minimum Gasteiger partial charge on any atom is -0.467 e. The molecule has 0 aliphatic rings. The molecule has 10 nitrogen and oxygen atoms in total. The van der Waals surface area contributed by atoms with Gasteiger partial charge in [0.2, 0.25) is 0 Å². The Balaban J connectivity index is 1.63. The number of nitro groups is 1. The molecule has 0 fully saturated rings. The van der Waals surface area contributed by atoms with Gasteiger partial charge in [-0.3, -0.25) is 20.0 Å². The zero-order chi connectivity index (χ0) is 21.3. The molecule has 152 valence electrons. The standard InChI is InChI=1S/C20H17N5O5/c1-30-20(27)17(8-11-10-21-15-5-3-2-4-13(11)15)22-19(26)18-14-9-12(25(28)29)6-7-16(14)23-24-18/h2-7,9-10,17,21H,8H2,1H3,(H,22,26)(H,23,24)/t17-/m0/s1. The van der Waals surface area contributed by atoms with E-state index in [0.717, 1.165) is 16.5 Å². The summed E-state index contributed by atoms with van der Waals surface area (Å²) >= 11 is 0. The second kappa shape index (κ2) is 7.66. The van der Waals surface area contributed by atoms with Crippen LogP contribution in [0.1, 0.15) is 16.1 Å². The number of nitrogens with zero attached hydrogens (tertiary/aromatic N) is 2. The van der Waals surface area contributed by atoms with Gasteiger partial charge in [-0.15, -0.1) is 0 Å². The van der Waals surface area contributed by atoms with Crippen molar-refractivity contribution in [3.63, 3.8) is 0 Å². The fourth-order valence-corrected chi connectivity index (χ4v) is 3.37. The lowest BCUT2D eigenvalue weighted by Gasteiger charge is -2.15. The second-order valence-corrected chi connectivity index (χ2v) is 6.67. The van der Waals surface area contributed by atoms with Gasteiger partial charge in [0.15, 0.2) is 5.69 Å². The zero-order valence-electron chi connectivity index (χ0n) is 15.8. The van der Waals surface area contributed by atoms with Gasteiger partial charge in [-0.05, 0) is 17.7 Å². The highest BCUT2D eigenvalue weighted by Gasteiger charge is 2.26. The van der Waals surface area contributed by atoms with Crippen LogP contribution in [0.5, 0.6) is 0 Å². The predicted molar refractivity (Wildman–Crippen MR) is 108 cm³/mol. The van der Waals surface area contributed by atoms with E-state index in [1.807, 2.05) is 24.3 Å². The molecule has 0 saturated carbocycles. The number of ether oxygens (including phenoxy) is 1. The van der Waals surface area contributed by atoms with Crippen molar-refractivity contribution in [2.24, 2.45) is 0 Å². The molecule has 0 spiro atoms. The molecule has 2 heterocycles. The molecule has 10 heteroatoms. The van der Waals surface area contributed by atoms with Gasteiger partial charge in [-0.25, -0.2) is 4.79 Å². The van der Waals surface area contributed by atoms with E-state index in [2.05, 4.69) is 20.5 Å². The number of hydrogen-bond acceptors (Lipinski definition) is 6. The Morgan fingerprint density at radius 3 is 2.77 bits per heavy atom. The number of H-pyrrole nitrogens is 2. The molecule has 0 bridgehead atoms. The number of amides is 1. The molecular formula is C20H17N5O5. The highest BCUT2D eigenvalue weighted by molar-refractivity contribution is 6.06. The van der Waals surface area contributed by atoms with Gasteiger partial charge >= 0.3 is 5.97 Å². The molecule has 1 atom stereocenters. The Bertz CT molecular complexity index is 1280. The number of hydrogen-bond donors (Lipinski definition) is 3. The SMILES string of the molecule is COC(=O)[C@H](Cc1c[nH]c2ccccc12)NC(=O)c1n[nH]c2ccc([N+](=O)[O-])cc12. The first kappa shape index (κ1) is 19.1. The lowest BCUT2D eigenvalue weighted by molar-refractivity contribution is -0.384. The molecular weight excluding hydrogens is 390 g/mol. The average molecular weight is 407 g/mol. The maximum absolute atomic E-state index is 12.8. The highest BCUT2D eigenvalue weighted by atomic mass is 16.6. The average Bonchev–Trinajstić information content (AvgIpc) is 3.36. The summed E-state index contributed by atoms with van der Waals surface area (Å²) in [4.78, 5) is 38.8.